The lowest BCUT2D eigenvalue weighted by atomic mass is 9.95. The number of carbonyl (C=O) groups excluding carboxylic acids is 1. The van der Waals surface area contributed by atoms with Gasteiger partial charge in [-0.25, -0.2) is 4.79 Å². The summed E-state index contributed by atoms with van der Waals surface area (Å²) in [5, 5.41) is 3.10. The van der Waals surface area contributed by atoms with Gasteiger partial charge in [0.25, 0.3) is 0 Å². The molecule has 1 heterocycles. The molecule has 0 aromatic heterocycles. The molecular formula is C15H26N2O. The molecule has 1 N–H and O–H groups in total. The molecule has 3 heteroatoms. The van der Waals surface area contributed by atoms with Crippen LogP contribution in [0.3, 0.4) is 0 Å². The first kappa shape index (κ1) is 14.8. The third-order valence-corrected chi connectivity index (χ3v) is 3.45. The highest BCUT2D eigenvalue weighted by molar-refractivity contribution is 5.75. The first-order chi connectivity index (χ1) is 8.47. The molecule has 1 atom stereocenters. The van der Waals surface area contributed by atoms with E-state index in [4.69, 9.17) is 0 Å². The monoisotopic (exact) mass is 250 g/mol. The van der Waals surface area contributed by atoms with E-state index in [0.29, 0.717) is 0 Å². The van der Waals surface area contributed by atoms with E-state index in [0.717, 1.165) is 38.8 Å². The van der Waals surface area contributed by atoms with Crippen molar-refractivity contribution in [2.24, 2.45) is 0 Å². The highest BCUT2D eigenvalue weighted by atomic mass is 16.2. The molecule has 0 spiro atoms. The van der Waals surface area contributed by atoms with Crippen LogP contribution >= 0.6 is 0 Å². The minimum atomic E-state index is -0.314. The maximum absolute atomic E-state index is 12.1. The highest BCUT2D eigenvalue weighted by Gasteiger charge is 2.26. The van der Waals surface area contributed by atoms with Gasteiger partial charge >= 0.3 is 6.03 Å². The van der Waals surface area contributed by atoms with E-state index in [1.165, 1.54) is 5.57 Å². The van der Waals surface area contributed by atoms with Gasteiger partial charge in [-0.1, -0.05) is 17.7 Å². The summed E-state index contributed by atoms with van der Waals surface area (Å²) in [6.45, 7) is 11.8. The molecule has 18 heavy (non-hydrogen) atoms. The number of urea groups is 1. The smallest absolute Gasteiger partial charge is 0.318 e. The number of allylic oxidation sites excluding steroid dienone is 2. The molecule has 0 aromatic carbocycles. The maximum Gasteiger partial charge on any atom is 0.318 e. The quantitative estimate of drug-likeness (QED) is 0.744. The average molecular weight is 250 g/mol. The van der Waals surface area contributed by atoms with E-state index in [2.05, 4.69) is 31.8 Å². The van der Waals surface area contributed by atoms with E-state index in [9.17, 15) is 4.79 Å². The number of amides is 2. The van der Waals surface area contributed by atoms with E-state index >= 15 is 0 Å². The Morgan fingerprint density at radius 2 is 2.00 bits per heavy atom. The predicted octanol–water partition coefficient (Wildman–Crippen LogP) is 3.48. The number of likely N-dealkylation sites (tertiary alicyclic amines) is 1. The number of nitrogens with one attached hydrogen (secondary N) is 1. The molecule has 1 aliphatic heterocycles. The molecule has 1 unspecified atom stereocenters. The molecular weight excluding hydrogens is 224 g/mol. The zero-order chi connectivity index (χ0) is 13.6. The SMILES string of the molecule is C=CC(C)(CCC=C(C)C)NC(=O)N1CCCC1. The van der Waals surface area contributed by atoms with E-state index in [1.54, 1.807) is 0 Å². The van der Waals surface area contributed by atoms with Gasteiger partial charge < -0.3 is 10.2 Å². The maximum atomic E-state index is 12.1. The van der Waals surface area contributed by atoms with Crippen LogP contribution in [-0.4, -0.2) is 29.6 Å². The summed E-state index contributed by atoms with van der Waals surface area (Å²) in [7, 11) is 0. The van der Waals surface area contributed by atoms with Gasteiger partial charge in [0.05, 0.1) is 5.54 Å². The summed E-state index contributed by atoms with van der Waals surface area (Å²) in [5.74, 6) is 0. The van der Waals surface area contributed by atoms with Crippen molar-refractivity contribution in [2.75, 3.05) is 13.1 Å². The number of nitrogens with zero attached hydrogens (tertiary/aromatic N) is 1. The number of rotatable bonds is 5. The average Bonchev–Trinajstić information content (AvgIpc) is 2.82. The van der Waals surface area contributed by atoms with Gasteiger partial charge in [-0.15, -0.1) is 6.58 Å². The van der Waals surface area contributed by atoms with Crippen molar-refractivity contribution < 1.29 is 4.79 Å². The number of hydrogen-bond acceptors (Lipinski definition) is 1. The summed E-state index contributed by atoms with van der Waals surface area (Å²) in [6, 6.07) is 0.0482. The van der Waals surface area contributed by atoms with E-state index < -0.39 is 0 Å². The van der Waals surface area contributed by atoms with Gasteiger partial charge in [0.1, 0.15) is 0 Å². The summed E-state index contributed by atoms with van der Waals surface area (Å²) in [6.07, 6.45) is 8.14. The Balaban J connectivity index is 2.50. The molecule has 1 rings (SSSR count). The van der Waals surface area contributed by atoms with Crippen LogP contribution in [0.5, 0.6) is 0 Å². The van der Waals surface area contributed by atoms with Crippen molar-refractivity contribution in [3.05, 3.63) is 24.3 Å². The van der Waals surface area contributed by atoms with Gasteiger partial charge in [-0.05, 0) is 46.5 Å². The zero-order valence-corrected chi connectivity index (χ0v) is 12.0. The second-order valence-corrected chi connectivity index (χ2v) is 5.57. The topological polar surface area (TPSA) is 32.3 Å². The Morgan fingerprint density at radius 3 is 2.50 bits per heavy atom. The van der Waals surface area contributed by atoms with Crippen molar-refractivity contribution in [1.29, 1.82) is 0 Å². The van der Waals surface area contributed by atoms with Crippen molar-refractivity contribution >= 4 is 6.03 Å². The lowest BCUT2D eigenvalue weighted by Crippen LogP contribution is -2.49. The lowest BCUT2D eigenvalue weighted by molar-refractivity contribution is 0.199. The molecule has 2 amide bonds. The minimum absolute atomic E-state index is 0.0482. The second-order valence-electron chi connectivity index (χ2n) is 5.57. The number of hydrogen-bond donors (Lipinski definition) is 1. The summed E-state index contributed by atoms with van der Waals surface area (Å²) in [4.78, 5) is 14.0. The van der Waals surface area contributed by atoms with Gasteiger partial charge in [0.15, 0.2) is 0 Å². The van der Waals surface area contributed by atoms with Crippen LogP contribution in [0, 0.1) is 0 Å². The molecule has 1 aliphatic rings. The number of carbonyl (C=O) groups is 1. The molecule has 1 fully saturated rings. The van der Waals surface area contributed by atoms with Crippen molar-refractivity contribution in [3.8, 4) is 0 Å². The molecule has 102 valence electrons. The molecule has 0 saturated carbocycles. The Hall–Kier alpha value is -1.25. The summed E-state index contributed by atoms with van der Waals surface area (Å²) in [5.41, 5.74) is 0.998. The molecule has 0 aliphatic carbocycles. The fraction of sp³-hybridized carbons (Fsp3) is 0.667. The first-order valence-corrected chi connectivity index (χ1v) is 6.81. The molecule has 0 bridgehead atoms. The summed E-state index contributed by atoms with van der Waals surface area (Å²) >= 11 is 0. The standard InChI is InChI=1S/C15H26N2O/c1-5-15(4,10-8-9-13(2)3)16-14(18)17-11-6-7-12-17/h5,9H,1,6-8,10-12H2,2-4H3,(H,16,18). The normalized spacial score (nSPS) is 18.1. The Bertz CT molecular complexity index is 325. The van der Waals surface area contributed by atoms with E-state index in [1.807, 2.05) is 17.9 Å². The van der Waals surface area contributed by atoms with Crippen LogP contribution < -0.4 is 5.32 Å². The Kier molecular flexibility index (Phi) is 5.45. The van der Waals surface area contributed by atoms with Crippen LogP contribution in [0.4, 0.5) is 4.79 Å². The molecule has 3 nitrogen and oxygen atoms in total. The second kappa shape index (κ2) is 6.62. The van der Waals surface area contributed by atoms with E-state index in [-0.39, 0.29) is 11.6 Å². The molecule has 1 saturated heterocycles. The summed E-state index contributed by atoms with van der Waals surface area (Å²) < 4.78 is 0. The van der Waals surface area contributed by atoms with Gasteiger partial charge in [-0.2, -0.15) is 0 Å². The lowest BCUT2D eigenvalue weighted by Gasteiger charge is -2.29. The predicted molar refractivity (Wildman–Crippen MR) is 76.6 cm³/mol. The minimum Gasteiger partial charge on any atom is -0.329 e. The van der Waals surface area contributed by atoms with Gasteiger partial charge in [0.2, 0.25) is 0 Å². The Labute approximate surface area is 111 Å². The van der Waals surface area contributed by atoms with Crippen LogP contribution in [0.25, 0.3) is 0 Å². The largest absolute Gasteiger partial charge is 0.329 e. The zero-order valence-electron chi connectivity index (χ0n) is 12.0. The third kappa shape index (κ3) is 4.55. The third-order valence-electron chi connectivity index (χ3n) is 3.45. The molecule has 0 radical (unpaired) electrons. The first-order valence-electron chi connectivity index (χ1n) is 6.81. The van der Waals surface area contributed by atoms with Crippen molar-refractivity contribution in [1.82, 2.24) is 10.2 Å². The van der Waals surface area contributed by atoms with Gasteiger partial charge in [0, 0.05) is 13.1 Å². The van der Waals surface area contributed by atoms with Gasteiger partial charge in [-0.3, -0.25) is 0 Å². The molecule has 0 aromatic rings. The highest BCUT2D eigenvalue weighted by Crippen LogP contribution is 2.17. The van der Waals surface area contributed by atoms with Crippen molar-refractivity contribution in [3.63, 3.8) is 0 Å². The van der Waals surface area contributed by atoms with Crippen LogP contribution in [0.2, 0.25) is 0 Å². The van der Waals surface area contributed by atoms with Crippen molar-refractivity contribution in [2.45, 2.75) is 52.0 Å². The fourth-order valence-electron chi connectivity index (χ4n) is 2.12. The fourth-order valence-corrected chi connectivity index (χ4v) is 2.12. The Morgan fingerprint density at radius 1 is 1.39 bits per heavy atom. The van der Waals surface area contributed by atoms with Crippen LogP contribution in [0.1, 0.15) is 46.5 Å². The van der Waals surface area contributed by atoms with Crippen LogP contribution in [-0.2, 0) is 0 Å². The van der Waals surface area contributed by atoms with Crippen LogP contribution in [0.15, 0.2) is 24.3 Å².